The van der Waals surface area contributed by atoms with Gasteiger partial charge in [0.2, 0.25) is 0 Å². The van der Waals surface area contributed by atoms with Crippen molar-refractivity contribution in [3.63, 3.8) is 0 Å². The summed E-state index contributed by atoms with van der Waals surface area (Å²) in [7, 11) is 0. The van der Waals surface area contributed by atoms with Crippen LogP contribution in [0.1, 0.15) is 82.1 Å². The van der Waals surface area contributed by atoms with E-state index < -0.39 is 0 Å². The summed E-state index contributed by atoms with van der Waals surface area (Å²) >= 11 is 0. The Morgan fingerprint density at radius 3 is 1.30 bits per heavy atom. The normalized spacial score (nSPS) is 15.5. The van der Waals surface area contributed by atoms with Gasteiger partial charge in [0.15, 0.2) is 0 Å². The van der Waals surface area contributed by atoms with Gasteiger partial charge in [-0.15, -0.1) is 0 Å². The Morgan fingerprint density at radius 2 is 0.915 bits per heavy atom. The number of nitrogens with one attached hydrogen (secondary N) is 1. The van der Waals surface area contributed by atoms with Crippen molar-refractivity contribution < 1.29 is 0 Å². The molecular formula is C69H78N2. The lowest BCUT2D eigenvalue weighted by molar-refractivity contribution is 0.477. The van der Waals surface area contributed by atoms with E-state index in [1.54, 1.807) is 0 Å². The van der Waals surface area contributed by atoms with Gasteiger partial charge in [0.1, 0.15) is 0 Å². The Morgan fingerprint density at radius 1 is 0.479 bits per heavy atom. The minimum atomic E-state index is 0.327. The van der Waals surface area contributed by atoms with Crippen LogP contribution in [0, 0.1) is 32.1 Å². The molecule has 0 spiro atoms. The Balaban J connectivity index is 0.000000168. The lowest BCUT2D eigenvalue weighted by Gasteiger charge is -2.25. The van der Waals surface area contributed by atoms with Gasteiger partial charge in [0.25, 0.3) is 0 Å². The highest BCUT2D eigenvalue weighted by atomic mass is 15.1. The molecule has 3 aliphatic carbocycles. The molecule has 71 heavy (non-hydrogen) atoms. The predicted molar refractivity (Wildman–Crippen MR) is 312 cm³/mol. The number of aryl methyl sites for hydroxylation is 3. The number of allylic oxidation sites excluding steroid dienone is 9. The number of hydrogen-bond donors (Lipinski definition) is 1. The van der Waals surface area contributed by atoms with Crippen LogP contribution < -0.4 is 10.2 Å². The molecule has 3 aliphatic rings. The van der Waals surface area contributed by atoms with Gasteiger partial charge in [-0.05, 0) is 116 Å². The summed E-state index contributed by atoms with van der Waals surface area (Å²) in [6.45, 7) is 17.5. The van der Waals surface area contributed by atoms with Gasteiger partial charge < -0.3 is 10.2 Å². The fourth-order valence-corrected chi connectivity index (χ4v) is 7.59. The molecule has 10 rings (SSSR count). The molecule has 0 saturated carbocycles. The van der Waals surface area contributed by atoms with Crippen LogP contribution in [0.4, 0.5) is 17.1 Å². The molecule has 2 atom stereocenters. The van der Waals surface area contributed by atoms with Gasteiger partial charge in [-0.3, -0.25) is 0 Å². The van der Waals surface area contributed by atoms with Crippen LogP contribution in [0.25, 0.3) is 11.1 Å². The van der Waals surface area contributed by atoms with Crippen LogP contribution in [0.2, 0.25) is 0 Å². The Hall–Kier alpha value is -7.42. The standard InChI is InChI=1S/C21H21N.C14H19N.C13H12.C7H10.2C7H8/c1-17(2)18-13-15-21(16-14-18)22(19-9-5-3-6-10-19)20-11-7-4-8-12-20;1-14(2)10-8-13(9-11-14)15-12-6-4-3-5-7-12;1-11-7-9-13(10-8-11)12-5-3-2-4-6-12;3*1-7-5-3-2-4-6-7/h3-17H,1-2H3;3-6,8-10,12,15H,7,11H2,1-2H3;2-10H,1H3;2-5,7H,6H2,1H3;2*2-6H,1H3. The van der Waals surface area contributed by atoms with Gasteiger partial charge in [-0.25, -0.2) is 0 Å². The highest BCUT2D eigenvalue weighted by Crippen LogP contribution is 2.35. The zero-order valence-electron chi connectivity index (χ0n) is 43.7. The molecule has 0 heterocycles. The molecule has 2 unspecified atom stereocenters. The van der Waals surface area contributed by atoms with Gasteiger partial charge in [0, 0.05) is 28.8 Å². The molecule has 2 nitrogen and oxygen atoms in total. The minimum Gasteiger partial charge on any atom is -0.379 e. The van der Waals surface area contributed by atoms with E-state index in [0.29, 0.717) is 17.4 Å². The second-order valence-corrected chi connectivity index (χ2v) is 19.3. The van der Waals surface area contributed by atoms with E-state index in [1.165, 1.54) is 62.6 Å². The summed E-state index contributed by atoms with van der Waals surface area (Å²) in [4.78, 5) is 2.28. The van der Waals surface area contributed by atoms with Crippen molar-refractivity contribution in [1.29, 1.82) is 0 Å². The Labute approximate surface area is 429 Å². The van der Waals surface area contributed by atoms with Crippen LogP contribution >= 0.6 is 0 Å². The third-order valence-corrected chi connectivity index (χ3v) is 12.0. The minimum absolute atomic E-state index is 0.327. The van der Waals surface area contributed by atoms with Crippen LogP contribution in [0.5, 0.6) is 0 Å². The lowest BCUT2D eigenvalue weighted by atomic mass is 9.85. The van der Waals surface area contributed by atoms with Crippen molar-refractivity contribution in [2.45, 2.75) is 86.6 Å². The molecule has 364 valence electrons. The van der Waals surface area contributed by atoms with Crippen LogP contribution in [0.3, 0.4) is 0 Å². The lowest BCUT2D eigenvalue weighted by Crippen LogP contribution is -2.27. The first-order valence-electron chi connectivity index (χ1n) is 25.4. The maximum Gasteiger partial charge on any atom is 0.0481 e. The third-order valence-electron chi connectivity index (χ3n) is 12.0. The number of para-hydroxylation sites is 2. The molecule has 0 aromatic heterocycles. The molecule has 1 N–H and O–H groups in total. The summed E-state index contributed by atoms with van der Waals surface area (Å²) in [5.41, 5.74) is 13.0. The maximum atomic E-state index is 3.53. The molecule has 0 radical (unpaired) electrons. The van der Waals surface area contributed by atoms with E-state index in [4.69, 9.17) is 0 Å². The van der Waals surface area contributed by atoms with Crippen molar-refractivity contribution in [2.24, 2.45) is 11.3 Å². The average Bonchev–Trinajstić information content (AvgIpc) is 3.40. The van der Waals surface area contributed by atoms with E-state index in [0.717, 1.165) is 18.8 Å². The molecule has 7 aromatic rings. The van der Waals surface area contributed by atoms with Crippen molar-refractivity contribution >= 4 is 17.1 Å². The first-order chi connectivity index (χ1) is 34.5. The zero-order valence-corrected chi connectivity index (χ0v) is 43.7. The van der Waals surface area contributed by atoms with Crippen molar-refractivity contribution in [3.05, 3.63) is 295 Å². The number of hydrogen-bond acceptors (Lipinski definition) is 2. The zero-order chi connectivity index (χ0) is 50.5. The Kier molecular flexibility index (Phi) is 23.2. The fraction of sp³-hybridized carbons (Fsp3) is 0.217. The largest absolute Gasteiger partial charge is 0.379 e. The summed E-state index contributed by atoms with van der Waals surface area (Å²) in [6, 6.07) is 69.8. The van der Waals surface area contributed by atoms with Gasteiger partial charge in [-0.2, -0.15) is 0 Å². The third kappa shape index (κ3) is 21.0. The van der Waals surface area contributed by atoms with Crippen molar-refractivity contribution in [2.75, 3.05) is 4.90 Å². The smallest absolute Gasteiger partial charge is 0.0481 e. The molecule has 0 bridgehead atoms. The second-order valence-electron chi connectivity index (χ2n) is 19.3. The van der Waals surface area contributed by atoms with Crippen LogP contribution in [-0.4, -0.2) is 6.04 Å². The summed E-state index contributed by atoms with van der Waals surface area (Å²) in [5.74, 6) is 1.32. The quantitative estimate of drug-likeness (QED) is 0.171. The monoisotopic (exact) mass is 935 g/mol. The predicted octanol–water partition coefficient (Wildman–Crippen LogP) is 19.4. The highest BCUT2D eigenvalue weighted by Gasteiger charge is 2.17. The number of benzene rings is 7. The van der Waals surface area contributed by atoms with Crippen LogP contribution in [0.15, 0.2) is 273 Å². The van der Waals surface area contributed by atoms with E-state index >= 15 is 0 Å². The number of nitrogens with zero attached hydrogens (tertiary/aromatic N) is 1. The average molecular weight is 935 g/mol. The van der Waals surface area contributed by atoms with Crippen LogP contribution in [-0.2, 0) is 0 Å². The number of rotatable bonds is 7. The van der Waals surface area contributed by atoms with Gasteiger partial charge in [0.05, 0.1) is 0 Å². The van der Waals surface area contributed by atoms with E-state index in [9.17, 15) is 0 Å². The second kappa shape index (κ2) is 30.2. The summed E-state index contributed by atoms with van der Waals surface area (Å²) in [5, 5.41) is 3.53. The van der Waals surface area contributed by atoms with Gasteiger partial charge in [-0.1, -0.05) is 276 Å². The molecule has 7 aromatic carbocycles. The molecule has 2 heteroatoms. The highest BCUT2D eigenvalue weighted by molar-refractivity contribution is 5.76. The first kappa shape index (κ1) is 54.5. The van der Waals surface area contributed by atoms with E-state index in [-0.39, 0.29) is 0 Å². The summed E-state index contributed by atoms with van der Waals surface area (Å²) < 4.78 is 0. The fourth-order valence-electron chi connectivity index (χ4n) is 7.59. The molecule has 0 aliphatic heterocycles. The molecule has 0 saturated heterocycles. The van der Waals surface area contributed by atoms with Gasteiger partial charge >= 0.3 is 0 Å². The Bertz CT molecular complexity index is 2610. The molecule has 0 amide bonds. The summed E-state index contributed by atoms with van der Waals surface area (Å²) in [6.07, 6.45) is 27.5. The van der Waals surface area contributed by atoms with Crippen molar-refractivity contribution in [1.82, 2.24) is 5.32 Å². The molecule has 0 fully saturated rings. The maximum absolute atomic E-state index is 3.53. The molecular weight excluding hydrogens is 857 g/mol. The van der Waals surface area contributed by atoms with E-state index in [2.05, 4.69) is 290 Å². The first-order valence-corrected chi connectivity index (χ1v) is 25.4. The SMILES string of the molecule is CC(C)c1ccc(N(c2ccccc2)c2ccccc2)cc1.CC1(C)C=CC(NC2C=CC=CC2)=CC1.CC1C=CC=CC1.Cc1ccc(-c2ccccc2)cc1.Cc1ccccc1.Cc1ccccc1. The topological polar surface area (TPSA) is 15.3 Å². The number of anilines is 3. The van der Waals surface area contributed by atoms with E-state index in [1.807, 2.05) is 42.5 Å². The van der Waals surface area contributed by atoms with Crippen molar-refractivity contribution in [3.8, 4) is 11.1 Å².